The molecule has 0 unspecified atom stereocenters. The zero-order valence-corrected chi connectivity index (χ0v) is 13.7. The second-order valence-corrected chi connectivity index (χ2v) is 6.04. The second-order valence-electron chi connectivity index (χ2n) is 5.10. The van der Waals surface area contributed by atoms with E-state index in [-0.39, 0.29) is 17.1 Å². The molecule has 0 spiro atoms. The second kappa shape index (κ2) is 6.56. The number of halogens is 2. The minimum absolute atomic E-state index is 0.0431. The first kappa shape index (κ1) is 16.4. The Bertz CT molecular complexity index is 905. The van der Waals surface area contributed by atoms with Gasteiger partial charge in [0.15, 0.2) is 28.4 Å². The van der Waals surface area contributed by atoms with Gasteiger partial charge in [-0.25, -0.2) is 8.78 Å². The van der Waals surface area contributed by atoms with Crippen molar-refractivity contribution in [1.82, 2.24) is 14.8 Å². The zero-order chi connectivity index (χ0) is 17.3. The van der Waals surface area contributed by atoms with Crippen molar-refractivity contribution in [2.75, 3.05) is 5.75 Å². The van der Waals surface area contributed by atoms with Crippen molar-refractivity contribution >= 4 is 17.5 Å². The minimum Gasteiger partial charge on any atom is -0.469 e. The molecule has 3 rings (SSSR count). The molecule has 24 heavy (non-hydrogen) atoms. The lowest BCUT2D eigenvalue weighted by Crippen LogP contribution is -2.05. The van der Waals surface area contributed by atoms with Crippen LogP contribution in [0, 0.1) is 18.6 Å². The molecule has 0 saturated heterocycles. The smallest absolute Gasteiger partial charge is 0.191 e. The maximum Gasteiger partial charge on any atom is 0.191 e. The molecule has 8 heteroatoms. The standard InChI is InChI=1S/C16H13F2N3O2S/c1-9-11(5-6-23-9)15-19-20-16(21(15)2)24-8-14(22)10-3-4-12(17)13(18)7-10/h3-7H,8H2,1-2H3. The number of Topliss-reactive ketones (excluding diaryl/α,β-unsaturated/α-hetero) is 1. The van der Waals surface area contributed by atoms with Gasteiger partial charge in [-0.15, -0.1) is 10.2 Å². The lowest BCUT2D eigenvalue weighted by molar-refractivity contribution is 0.102. The number of aromatic nitrogens is 3. The Morgan fingerprint density at radius 2 is 2.04 bits per heavy atom. The molecular formula is C16H13F2N3O2S. The maximum absolute atomic E-state index is 13.2. The highest BCUT2D eigenvalue weighted by molar-refractivity contribution is 7.99. The Kier molecular flexibility index (Phi) is 4.48. The van der Waals surface area contributed by atoms with Crippen LogP contribution in [0.2, 0.25) is 0 Å². The van der Waals surface area contributed by atoms with E-state index >= 15 is 0 Å². The van der Waals surface area contributed by atoms with Crippen molar-refractivity contribution in [3.63, 3.8) is 0 Å². The van der Waals surface area contributed by atoms with Crippen molar-refractivity contribution in [3.8, 4) is 11.4 Å². The fourth-order valence-corrected chi connectivity index (χ4v) is 2.98. The summed E-state index contributed by atoms with van der Waals surface area (Å²) in [5, 5.41) is 8.71. The van der Waals surface area contributed by atoms with Crippen LogP contribution in [0.5, 0.6) is 0 Å². The van der Waals surface area contributed by atoms with E-state index in [1.54, 1.807) is 23.9 Å². The third-order valence-electron chi connectivity index (χ3n) is 3.51. The molecule has 0 N–H and O–H groups in total. The molecule has 0 aliphatic heterocycles. The molecule has 0 fully saturated rings. The molecule has 0 saturated carbocycles. The van der Waals surface area contributed by atoms with Crippen molar-refractivity contribution < 1.29 is 18.0 Å². The van der Waals surface area contributed by atoms with Crippen LogP contribution in [0.15, 0.2) is 40.1 Å². The van der Waals surface area contributed by atoms with E-state index in [1.807, 2.05) is 6.92 Å². The van der Waals surface area contributed by atoms with Crippen molar-refractivity contribution in [2.45, 2.75) is 12.1 Å². The van der Waals surface area contributed by atoms with Gasteiger partial charge in [0.05, 0.1) is 17.6 Å². The van der Waals surface area contributed by atoms with E-state index < -0.39 is 11.6 Å². The summed E-state index contributed by atoms with van der Waals surface area (Å²) in [5.74, 6) is -0.941. The first-order chi connectivity index (χ1) is 11.5. The molecule has 3 aromatic rings. The first-order valence-corrected chi connectivity index (χ1v) is 8.01. The number of rotatable bonds is 5. The van der Waals surface area contributed by atoms with E-state index in [9.17, 15) is 13.6 Å². The molecule has 0 amide bonds. The van der Waals surface area contributed by atoms with Gasteiger partial charge in [-0.05, 0) is 31.2 Å². The van der Waals surface area contributed by atoms with E-state index in [1.165, 1.54) is 17.8 Å². The Morgan fingerprint density at radius 3 is 2.71 bits per heavy atom. The summed E-state index contributed by atoms with van der Waals surface area (Å²) in [7, 11) is 1.78. The van der Waals surface area contributed by atoms with E-state index in [0.29, 0.717) is 11.0 Å². The van der Waals surface area contributed by atoms with Gasteiger partial charge in [0.25, 0.3) is 0 Å². The van der Waals surface area contributed by atoms with Gasteiger partial charge in [0.1, 0.15) is 5.76 Å². The van der Waals surface area contributed by atoms with Gasteiger partial charge >= 0.3 is 0 Å². The number of nitrogens with zero attached hydrogens (tertiary/aromatic N) is 3. The van der Waals surface area contributed by atoms with Crippen LogP contribution in [-0.2, 0) is 7.05 Å². The topological polar surface area (TPSA) is 60.9 Å². The zero-order valence-electron chi connectivity index (χ0n) is 12.9. The number of hydrogen-bond acceptors (Lipinski definition) is 5. The van der Waals surface area contributed by atoms with Gasteiger partial charge in [0.2, 0.25) is 0 Å². The van der Waals surface area contributed by atoms with E-state index in [4.69, 9.17) is 4.42 Å². The minimum atomic E-state index is -1.04. The van der Waals surface area contributed by atoms with Gasteiger partial charge in [-0.2, -0.15) is 0 Å². The van der Waals surface area contributed by atoms with Gasteiger partial charge in [0, 0.05) is 12.6 Å². The fourth-order valence-electron chi connectivity index (χ4n) is 2.18. The van der Waals surface area contributed by atoms with Crippen molar-refractivity contribution in [2.24, 2.45) is 7.05 Å². The number of furan rings is 1. The molecule has 124 valence electrons. The monoisotopic (exact) mass is 349 g/mol. The van der Waals surface area contributed by atoms with Gasteiger partial charge < -0.3 is 8.98 Å². The Labute approximate surface area is 140 Å². The number of carbonyl (C=O) groups excluding carboxylic acids is 1. The first-order valence-electron chi connectivity index (χ1n) is 7.02. The lowest BCUT2D eigenvalue weighted by atomic mass is 10.1. The molecule has 2 heterocycles. The Hall–Kier alpha value is -2.48. The molecule has 2 aromatic heterocycles. The number of thioether (sulfide) groups is 1. The molecule has 0 radical (unpaired) electrons. The number of ketones is 1. The number of aryl methyl sites for hydroxylation is 1. The third kappa shape index (κ3) is 3.09. The van der Waals surface area contributed by atoms with Crippen LogP contribution in [0.1, 0.15) is 16.1 Å². The van der Waals surface area contributed by atoms with E-state index in [0.717, 1.165) is 23.5 Å². The van der Waals surface area contributed by atoms with E-state index in [2.05, 4.69) is 10.2 Å². The summed E-state index contributed by atoms with van der Waals surface area (Å²) >= 11 is 1.18. The van der Waals surface area contributed by atoms with Crippen LogP contribution in [0.25, 0.3) is 11.4 Å². The Balaban J connectivity index is 1.73. The molecular weight excluding hydrogens is 336 g/mol. The van der Waals surface area contributed by atoms with Crippen LogP contribution >= 0.6 is 11.8 Å². The summed E-state index contributed by atoms with van der Waals surface area (Å²) in [5.41, 5.74) is 0.943. The third-order valence-corrected chi connectivity index (χ3v) is 4.53. The largest absolute Gasteiger partial charge is 0.469 e. The SMILES string of the molecule is Cc1occc1-c1nnc(SCC(=O)c2ccc(F)c(F)c2)n1C. The molecule has 0 bridgehead atoms. The summed E-state index contributed by atoms with van der Waals surface area (Å²) in [6.45, 7) is 1.82. The average Bonchev–Trinajstić information content (AvgIpc) is 3.13. The van der Waals surface area contributed by atoms with Crippen LogP contribution in [-0.4, -0.2) is 26.3 Å². The molecule has 1 aromatic carbocycles. The number of benzene rings is 1. The van der Waals surface area contributed by atoms with Gasteiger partial charge in [-0.3, -0.25) is 4.79 Å². The number of hydrogen-bond donors (Lipinski definition) is 0. The molecule has 0 atom stereocenters. The van der Waals surface area contributed by atoms with Crippen LogP contribution < -0.4 is 0 Å². The maximum atomic E-state index is 13.2. The quantitative estimate of drug-likeness (QED) is 0.520. The molecule has 0 aliphatic carbocycles. The summed E-state index contributed by atoms with van der Waals surface area (Å²) in [6, 6.07) is 4.89. The van der Waals surface area contributed by atoms with Crippen LogP contribution in [0.3, 0.4) is 0 Å². The van der Waals surface area contributed by atoms with Crippen molar-refractivity contribution in [3.05, 3.63) is 53.5 Å². The average molecular weight is 349 g/mol. The summed E-state index contributed by atoms with van der Waals surface area (Å²) in [6.07, 6.45) is 1.57. The highest BCUT2D eigenvalue weighted by Crippen LogP contribution is 2.26. The molecule has 5 nitrogen and oxygen atoms in total. The summed E-state index contributed by atoms with van der Waals surface area (Å²) < 4.78 is 33.1. The Morgan fingerprint density at radius 1 is 1.25 bits per heavy atom. The predicted molar refractivity (Wildman–Crippen MR) is 84.9 cm³/mol. The predicted octanol–water partition coefficient (Wildman–Crippen LogP) is 3.64. The normalized spacial score (nSPS) is 11.0. The van der Waals surface area contributed by atoms with Crippen molar-refractivity contribution in [1.29, 1.82) is 0 Å². The highest BCUT2D eigenvalue weighted by atomic mass is 32.2. The summed E-state index contributed by atoms with van der Waals surface area (Å²) in [4.78, 5) is 12.1. The van der Waals surface area contributed by atoms with Crippen LogP contribution in [0.4, 0.5) is 8.78 Å². The fraction of sp³-hybridized carbons (Fsp3) is 0.188. The van der Waals surface area contributed by atoms with Gasteiger partial charge in [-0.1, -0.05) is 11.8 Å². The highest BCUT2D eigenvalue weighted by Gasteiger charge is 2.16. The lowest BCUT2D eigenvalue weighted by Gasteiger charge is -2.03. The molecule has 0 aliphatic rings. The number of carbonyl (C=O) groups is 1.